The summed E-state index contributed by atoms with van der Waals surface area (Å²) in [6.07, 6.45) is 4.96. The van der Waals surface area contributed by atoms with Gasteiger partial charge in [0.1, 0.15) is 0 Å². The first-order valence-electron chi connectivity index (χ1n) is 4.44. The van der Waals surface area contributed by atoms with E-state index in [1.54, 1.807) is 5.57 Å². The molecule has 0 N–H and O–H groups in total. The van der Waals surface area contributed by atoms with Crippen molar-refractivity contribution in [3.05, 3.63) is 23.8 Å². The maximum atomic E-state index is 4.02. The third-order valence-electron chi connectivity index (χ3n) is 2.66. The van der Waals surface area contributed by atoms with Crippen molar-refractivity contribution in [2.75, 3.05) is 0 Å². The van der Waals surface area contributed by atoms with Gasteiger partial charge in [0.25, 0.3) is 0 Å². The van der Waals surface area contributed by atoms with Gasteiger partial charge in [-0.1, -0.05) is 30.7 Å². The highest BCUT2D eigenvalue weighted by molar-refractivity contribution is 5.12. The predicted octanol–water partition coefficient (Wildman–Crippen LogP) is 3.55. The molecule has 0 bridgehead atoms. The lowest BCUT2D eigenvalue weighted by Gasteiger charge is -2.27. The van der Waals surface area contributed by atoms with Gasteiger partial charge >= 0.3 is 0 Å². The highest BCUT2D eigenvalue weighted by atomic mass is 14.2. The van der Waals surface area contributed by atoms with Gasteiger partial charge in [-0.15, -0.1) is 0 Å². The molecule has 2 atom stereocenters. The quantitative estimate of drug-likeness (QED) is 0.501. The van der Waals surface area contributed by atoms with E-state index < -0.39 is 0 Å². The topological polar surface area (TPSA) is 0 Å². The Balaban J connectivity index is 2.68. The Kier molecular flexibility index (Phi) is 2.53. The molecule has 0 amide bonds. The first-order chi connectivity index (χ1) is 5.11. The molecule has 0 heterocycles. The molecule has 0 aromatic carbocycles. The molecule has 0 aromatic rings. The van der Waals surface area contributed by atoms with Crippen LogP contribution in [0.2, 0.25) is 0 Å². The van der Waals surface area contributed by atoms with E-state index in [0.29, 0.717) is 5.92 Å². The molecule has 1 unspecified atom stereocenters. The van der Waals surface area contributed by atoms with Gasteiger partial charge in [0, 0.05) is 0 Å². The third-order valence-corrected chi connectivity index (χ3v) is 2.66. The largest absolute Gasteiger partial charge is 0.0998 e. The smallest absolute Gasteiger partial charge is 0.0145 e. The maximum Gasteiger partial charge on any atom is -0.0145 e. The van der Waals surface area contributed by atoms with Crippen LogP contribution in [0.1, 0.15) is 33.6 Å². The molecule has 0 saturated heterocycles. The van der Waals surface area contributed by atoms with Crippen molar-refractivity contribution in [2.24, 2.45) is 11.8 Å². The predicted molar refractivity (Wildman–Crippen MR) is 50.5 cm³/mol. The van der Waals surface area contributed by atoms with Crippen LogP contribution in [0.15, 0.2) is 23.8 Å². The van der Waals surface area contributed by atoms with Gasteiger partial charge in [-0.25, -0.2) is 0 Å². The molecule has 0 radical (unpaired) electrons. The maximum absolute atomic E-state index is 4.02. The van der Waals surface area contributed by atoms with E-state index in [0.717, 1.165) is 5.92 Å². The van der Waals surface area contributed by atoms with Crippen molar-refractivity contribution in [3.8, 4) is 0 Å². The number of rotatable bonds is 1. The van der Waals surface area contributed by atoms with Crippen molar-refractivity contribution in [1.29, 1.82) is 0 Å². The Morgan fingerprint density at radius 1 is 1.64 bits per heavy atom. The molecular weight excluding hydrogens is 132 g/mol. The fourth-order valence-electron chi connectivity index (χ4n) is 1.99. The summed E-state index contributed by atoms with van der Waals surface area (Å²) in [5.74, 6) is 1.44. The van der Waals surface area contributed by atoms with Crippen LogP contribution < -0.4 is 0 Å². The normalized spacial score (nSPS) is 31.4. The van der Waals surface area contributed by atoms with E-state index in [2.05, 4.69) is 33.4 Å². The average molecular weight is 150 g/mol. The Morgan fingerprint density at radius 3 is 2.73 bits per heavy atom. The molecule has 0 fully saturated rings. The zero-order valence-corrected chi connectivity index (χ0v) is 7.85. The lowest BCUT2D eigenvalue weighted by molar-refractivity contribution is 0.428. The summed E-state index contributed by atoms with van der Waals surface area (Å²) in [6.45, 7) is 10.7. The molecule has 0 aromatic heterocycles. The minimum atomic E-state index is 0.709. The second kappa shape index (κ2) is 3.25. The fourth-order valence-corrected chi connectivity index (χ4v) is 1.99. The first-order valence-corrected chi connectivity index (χ1v) is 4.44. The standard InChI is InChI=1S/C11H18/c1-8(2)11-6-5-9(3)7-10(11)4/h7,10-11H,1,5-6H2,2-4H3/t10-,11?/m1/s1. The van der Waals surface area contributed by atoms with Crippen molar-refractivity contribution >= 4 is 0 Å². The van der Waals surface area contributed by atoms with Crippen LogP contribution in [0.25, 0.3) is 0 Å². The van der Waals surface area contributed by atoms with E-state index in [-0.39, 0.29) is 0 Å². The Morgan fingerprint density at radius 2 is 2.27 bits per heavy atom. The first kappa shape index (κ1) is 8.58. The molecule has 62 valence electrons. The van der Waals surface area contributed by atoms with Crippen molar-refractivity contribution in [3.63, 3.8) is 0 Å². The molecule has 1 rings (SSSR count). The molecule has 1 aliphatic carbocycles. The van der Waals surface area contributed by atoms with Crippen LogP contribution >= 0.6 is 0 Å². The van der Waals surface area contributed by atoms with E-state index in [1.807, 2.05) is 0 Å². The van der Waals surface area contributed by atoms with Crippen LogP contribution in [0.3, 0.4) is 0 Å². The highest BCUT2D eigenvalue weighted by Gasteiger charge is 2.19. The van der Waals surface area contributed by atoms with Gasteiger partial charge in [-0.05, 0) is 38.5 Å². The second-order valence-electron chi connectivity index (χ2n) is 3.86. The highest BCUT2D eigenvalue weighted by Crippen LogP contribution is 2.32. The minimum absolute atomic E-state index is 0.709. The summed E-state index contributed by atoms with van der Waals surface area (Å²) >= 11 is 0. The van der Waals surface area contributed by atoms with Gasteiger partial charge in [0.2, 0.25) is 0 Å². The summed E-state index contributed by atoms with van der Waals surface area (Å²) < 4.78 is 0. The van der Waals surface area contributed by atoms with Gasteiger partial charge in [0.05, 0.1) is 0 Å². The minimum Gasteiger partial charge on any atom is -0.0998 e. The summed E-state index contributed by atoms with van der Waals surface area (Å²) in [7, 11) is 0. The molecule has 0 saturated carbocycles. The van der Waals surface area contributed by atoms with Crippen molar-refractivity contribution < 1.29 is 0 Å². The summed E-state index contributed by atoms with van der Waals surface area (Å²) in [6, 6.07) is 0. The van der Waals surface area contributed by atoms with Crippen LogP contribution in [-0.2, 0) is 0 Å². The summed E-state index contributed by atoms with van der Waals surface area (Å²) in [4.78, 5) is 0. The van der Waals surface area contributed by atoms with Gasteiger partial charge < -0.3 is 0 Å². The molecule has 0 nitrogen and oxygen atoms in total. The van der Waals surface area contributed by atoms with Gasteiger partial charge in [-0.2, -0.15) is 0 Å². The second-order valence-corrected chi connectivity index (χ2v) is 3.86. The van der Waals surface area contributed by atoms with Crippen LogP contribution in [0.4, 0.5) is 0 Å². The van der Waals surface area contributed by atoms with Crippen LogP contribution in [0.5, 0.6) is 0 Å². The number of allylic oxidation sites excluding steroid dienone is 3. The Hall–Kier alpha value is -0.520. The van der Waals surface area contributed by atoms with Gasteiger partial charge in [-0.3, -0.25) is 0 Å². The monoisotopic (exact) mass is 150 g/mol. The number of hydrogen-bond donors (Lipinski definition) is 0. The van der Waals surface area contributed by atoms with Crippen LogP contribution in [0, 0.1) is 11.8 Å². The molecule has 0 aliphatic heterocycles. The third kappa shape index (κ3) is 1.95. The van der Waals surface area contributed by atoms with E-state index in [9.17, 15) is 0 Å². The lowest BCUT2D eigenvalue weighted by atomic mass is 9.79. The fraction of sp³-hybridized carbons (Fsp3) is 0.636. The van der Waals surface area contributed by atoms with E-state index >= 15 is 0 Å². The molecule has 0 spiro atoms. The van der Waals surface area contributed by atoms with Crippen molar-refractivity contribution in [1.82, 2.24) is 0 Å². The van der Waals surface area contributed by atoms with Crippen LogP contribution in [-0.4, -0.2) is 0 Å². The summed E-state index contributed by atoms with van der Waals surface area (Å²) in [5.41, 5.74) is 2.90. The Labute approximate surface area is 70.0 Å². The molecule has 1 aliphatic rings. The zero-order valence-electron chi connectivity index (χ0n) is 7.85. The molecular formula is C11H18. The molecule has 0 heteroatoms. The van der Waals surface area contributed by atoms with Gasteiger partial charge in [0.15, 0.2) is 0 Å². The van der Waals surface area contributed by atoms with Crippen molar-refractivity contribution in [2.45, 2.75) is 33.6 Å². The Bertz CT molecular complexity index is 186. The lowest BCUT2D eigenvalue weighted by Crippen LogP contribution is -2.15. The zero-order chi connectivity index (χ0) is 8.43. The SMILES string of the molecule is C=C(C)C1CCC(C)=C[C@H]1C. The average Bonchev–Trinajstić information content (AvgIpc) is 1.85. The summed E-state index contributed by atoms with van der Waals surface area (Å²) in [5, 5.41) is 0. The number of hydrogen-bond acceptors (Lipinski definition) is 0. The molecule has 11 heavy (non-hydrogen) atoms. The van der Waals surface area contributed by atoms with E-state index in [4.69, 9.17) is 0 Å². The van der Waals surface area contributed by atoms with E-state index in [1.165, 1.54) is 18.4 Å².